The van der Waals surface area contributed by atoms with Crippen LogP contribution in [-0.4, -0.2) is 0 Å². The van der Waals surface area contributed by atoms with Crippen LogP contribution >= 0.6 is 0 Å². The molecule has 0 amide bonds. The second kappa shape index (κ2) is 4.83. The molecule has 2 aromatic rings. The van der Waals surface area contributed by atoms with Crippen molar-refractivity contribution in [3.63, 3.8) is 0 Å². The summed E-state index contributed by atoms with van der Waals surface area (Å²) >= 11 is 0. The van der Waals surface area contributed by atoms with Crippen molar-refractivity contribution in [2.45, 2.75) is 6.92 Å². The number of anilines is 1. The Labute approximate surface area is 100 Å². The molecule has 17 heavy (non-hydrogen) atoms. The van der Waals surface area contributed by atoms with E-state index in [0.717, 1.165) is 16.8 Å². The highest BCUT2D eigenvalue weighted by atomic mass is 18.2. The summed E-state index contributed by atoms with van der Waals surface area (Å²) < 4.78 is 13.3. The largest absolute Gasteiger partial charge is 0.399 e. The summed E-state index contributed by atoms with van der Waals surface area (Å²) in [7, 11) is 0. The summed E-state index contributed by atoms with van der Waals surface area (Å²) in [6.45, 7) is 1.75. The zero-order valence-electron chi connectivity index (χ0n) is 9.65. The normalized spacial score (nSPS) is 10.9. The van der Waals surface area contributed by atoms with Crippen LogP contribution in [0.4, 0.5) is 10.1 Å². The third-order valence-electron chi connectivity index (χ3n) is 2.60. The minimum Gasteiger partial charge on any atom is -0.399 e. The number of aryl methyl sites for hydroxylation is 1. The SMILES string of the molecule is Cc1ccc(/C=C/c2ccc(N)cc2)cc1[18F]. The molecule has 0 saturated heterocycles. The first-order valence-corrected chi connectivity index (χ1v) is 5.45. The summed E-state index contributed by atoms with van der Waals surface area (Å²) in [4.78, 5) is 0. The van der Waals surface area contributed by atoms with E-state index in [-0.39, 0.29) is 5.82 Å². The van der Waals surface area contributed by atoms with Gasteiger partial charge >= 0.3 is 0 Å². The fourth-order valence-electron chi connectivity index (χ4n) is 1.51. The van der Waals surface area contributed by atoms with Gasteiger partial charge in [-0.25, -0.2) is 4.39 Å². The predicted molar refractivity (Wildman–Crippen MR) is 70.9 cm³/mol. The lowest BCUT2D eigenvalue weighted by Gasteiger charge is -1.98. The topological polar surface area (TPSA) is 26.0 Å². The van der Waals surface area contributed by atoms with Crippen molar-refractivity contribution in [1.29, 1.82) is 0 Å². The van der Waals surface area contributed by atoms with E-state index in [1.165, 1.54) is 6.07 Å². The molecule has 0 fully saturated rings. The number of hydrogen-bond donors (Lipinski definition) is 1. The third kappa shape index (κ3) is 2.94. The number of halogens is 1. The number of nitrogen functional groups attached to an aromatic ring is 1. The van der Waals surface area contributed by atoms with Gasteiger partial charge in [0.25, 0.3) is 0 Å². The van der Waals surface area contributed by atoms with Crippen LogP contribution in [0.25, 0.3) is 12.2 Å². The fraction of sp³-hybridized carbons (Fsp3) is 0.0667. The van der Waals surface area contributed by atoms with Crippen molar-refractivity contribution in [2.24, 2.45) is 0 Å². The second-order valence-electron chi connectivity index (χ2n) is 4.01. The molecule has 0 spiro atoms. The van der Waals surface area contributed by atoms with Crippen LogP contribution in [0.2, 0.25) is 0 Å². The van der Waals surface area contributed by atoms with E-state index in [4.69, 9.17) is 5.73 Å². The molecule has 0 atom stereocenters. The van der Waals surface area contributed by atoms with E-state index in [0.29, 0.717) is 5.56 Å². The van der Waals surface area contributed by atoms with E-state index in [1.54, 1.807) is 13.0 Å². The molecule has 0 aromatic heterocycles. The van der Waals surface area contributed by atoms with E-state index in [2.05, 4.69) is 0 Å². The Morgan fingerprint density at radius 1 is 0.941 bits per heavy atom. The monoisotopic (exact) mass is 226 g/mol. The van der Waals surface area contributed by atoms with Gasteiger partial charge in [0.1, 0.15) is 5.82 Å². The van der Waals surface area contributed by atoms with Crippen molar-refractivity contribution >= 4 is 17.8 Å². The van der Waals surface area contributed by atoms with Crippen molar-refractivity contribution in [3.05, 3.63) is 65.0 Å². The second-order valence-corrected chi connectivity index (χ2v) is 4.01. The Kier molecular flexibility index (Phi) is 3.24. The Morgan fingerprint density at radius 2 is 1.53 bits per heavy atom. The average molecular weight is 226 g/mol. The van der Waals surface area contributed by atoms with Gasteiger partial charge in [0.05, 0.1) is 0 Å². The van der Waals surface area contributed by atoms with Crippen LogP contribution in [-0.2, 0) is 0 Å². The molecular formula is C15H14FN. The molecule has 0 aliphatic rings. The Hall–Kier alpha value is -2.09. The minimum absolute atomic E-state index is 0.176. The molecule has 1 nitrogen and oxygen atoms in total. The van der Waals surface area contributed by atoms with Gasteiger partial charge in [-0.3, -0.25) is 0 Å². The Morgan fingerprint density at radius 3 is 2.18 bits per heavy atom. The summed E-state index contributed by atoms with van der Waals surface area (Å²) in [6, 6.07) is 12.7. The van der Waals surface area contributed by atoms with E-state index in [9.17, 15) is 4.39 Å². The first kappa shape index (κ1) is 11.4. The highest BCUT2D eigenvalue weighted by Crippen LogP contribution is 2.13. The van der Waals surface area contributed by atoms with Gasteiger partial charge in [0.15, 0.2) is 0 Å². The lowest BCUT2D eigenvalue weighted by Crippen LogP contribution is -1.83. The van der Waals surface area contributed by atoms with Gasteiger partial charge in [-0.05, 0) is 41.8 Å². The molecule has 2 heteroatoms. The summed E-state index contributed by atoms with van der Waals surface area (Å²) in [6.07, 6.45) is 3.82. The molecule has 2 N–H and O–H groups in total. The molecule has 0 saturated carbocycles. The van der Waals surface area contributed by atoms with Gasteiger partial charge in [0, 0.05) is 5.69 Å². The molecule has 0 radical (unpaired) electrons. The van der Waals surface area contributed by atoms with E-state index >= 15 is 0 Å². The van der Waals surface area contributed by atoms with Crippen LogP contribution in [0.3, 0.4) is 0 Å². The summed E-state index contributed by atoms with van der Waals surface area (Å²) in [5, 5.41) is 0. The third-order valence-corrected chi connectivity index (χ3v) is 2.60. The highest BCUT2D eigenvalue weighted by molar-refractivity contribution is 5.70. The summed E-state index contributed by atoms with van der Waals surface area (Å²) in [5.41, 5.74) is 8.89. The van der Waals surface area contributed by atoms with Crippen molar-refractivity contribution in [3.8, 4) is 0 Å². The number of nitrogens with two attached hydrogens (primary N) is 1. The van der Waals surface area contributed by atoms with Gasteiger partial charge in [-0.15, -0.1) is 0 Å². The van der Waals surface area contributed by atoms with Crippen LogP contribution in [0, 0.1) is 12.7 Å². The van der Waals surface area contributed by atoms with Gasteiger partial charge in [-0.2, -0.15) is 0 Å². The van der Waals surface area contributed by atoms with Crippen molar-refractivity contribution < 1.29 is 4.39 Å². The molecule has 0 aliphatic carbocycles. The molecule has 0 aliphatic heterocycles. The average Bonchev–Trinajstić information content (AvgIpc) is 2.33. The van der Waals surface area contributed by atoms with Crippen LogP contribution < -0.4 is 5.73 Å². The lowest BCUT2D eigenvalue weighted by atomic mass is 10.1. The Bertz CT molecular complexity index is 541. The van der Waals surface area contributed by atoms with Crippen molar-refractivity contribution in [2.75, 3.05) is 5.73 Å². The molecule has 86 valence electrons. The first-order valence-electron chi connectivity index (χ1n) is 5.45. The van der Waals surface area contributed by atoms with Crippen molar-refractivity contribution in [1.82, 2.24) is 0 Å². The maximum absolute atomic E-state index is 13.3. The number of rotatable bonds is 2. The Balaban J connectivity index is 2.20. The first-order chi connectivity index (χ1) is 8.15. The lowest BCUT2D eigenvalue weighted by molar-refractivity contribution is 0.618. The minimum atomic E-state index is -0.176. The summed E-state index contributed by atoms with van der Waals surface area (Å²) in [5.74, 6) is -0.176. The smallest absolute Gasteiger partial charge is 0.126 e. The van der Waals surface area contributed by atoms with Crippen LogP contribution in [0.15, 0.2) is 42.5 Å². The molecule has 0 bridgehead atoms. The van der Waals surface area contributed by atoms with Crippen LogP contribution in [0.5, 0.6) is 0 Å². The fourth-order valence-corrected chi connectivity index (χ4v) is 1.51. The molecule has 2 aromatic carbocycles. The zero-order chi connectivity index (χ0) is 12.3. The zero-order valence-corrected chi connectivity index (χ0v) is 9.65. The van der Waals surface area contributed by atoms with Crippen LogP contribution in [0.1, 0.15) is 16.7 Å². The molecular weight excluding hydrogens is 212 g/mol. The standard InChI is InChI=1S/C15H14FN/c1-11-2-3-13(10-15(11)16)5-4-12-6-8-14(17)9-7-12/h2-10H,17H2,1H3/b5-4+/i16-1. The predicted octanol–water partition coefficient (Wildman–Crippen LogP) is 3.89. The maximum Gasteiger partial charge on any atom is 0.126 e. The highest BCUT2D eigenvalue weighted by Gasteiger charge is 1.96. The molecule has 0 unspecified atom stereocenters. The van der Waals surface area contributed by atoms with Gasteiger partial charge in [0.2, 0.25) is 0 Å². The molecule has 2 rings (SSSR count). The quantitative estimate of drug-likeness (QED) is 0.610. The van der Waals surface area contributed by atoms with E-state index < -0.39 is 0 Å². The maximum atomic E-state index is 13.3. The number of hydrogen-bond acceptors (Lipinski definition) is 1. The molecule has 0 heterocycles. The van der Waals surface area contributed by atoms with E-state index in [1.807, 2.05) is 42.5 Å². The number of benzene rings is 2. The van der Waals surface area contributed by atoms with Gasteiger partial charge in [-0.1, -0.05) is 36.4 Å². The van der Waals surface area contributed by atoms with Gasteiger partial charge < -0.3 is 5.73 Å².